The fourth-order valence-electron chi connectivity index (χ4n) is 3.21. The van der Waals surface area contributed by atoms with Gasteiger partial charge in [-0.15, -0.1) is 11.5 Å². The Kier molecular flexibility index (Phi) is 53.6. The fraction of sp³-hybridized carbons (Fsp3) is 0.733. The van der Waals surface area contributed by atoms with E-state index in [9.17, 15) is 29.7 Å². The van der Waals surface area contributed by atoms with E-state index in [1.807, 2.05) is 0 Å². The van der Waals surface area contributed by atoms with Gasteiger partial charge in [0.05, 0.1) is 0 Å². The Bertz CT molecular complexity index is 622. The van der Waals surface area contributed by atoms with E-state index in [0.717, 1.165) is 31.9 Å². The van der Waals surface area contributed by atoms with Gasteiger partial charge in [0.15, 0.2) is 11.6 Å². The number of carboxylic acid groups (broad SMARTS) is 2. The quantitative estimate of drug-likeness (QED) is 0.0944. The van der Waals surface area contributed by atoms with Gasteiger partial charge in [-0.05, 0) is 45.8 Å². The van der Waals surface area contributed by atoms with E-state index in [1.54, 1.807) is 0 Å². The minimum Gasteiger partial charge on any atom is -0.876 e. The molecular weight excluding hydrogens is 598 g/mol. The largest absolute Gasteiger partial charge is 2.00 e. The molecule has 234 valence electrons. The van der Waals surface area contributed by atoms with Crippen LogP contribution in [0.1, 0.15) is 144 Å². The molecule has 10 heteroatoms. The van der Waals surface area contributed by atoms with Crippen molar-refractivity contribution in [3.8, 4) is 0 Å². The number of allylic oxidation sites excluding steroid dienone is 4. The molecule has 0 spiro atoms. The number of aliphatic carboxylic acids is 2. The zero-order chi connectivity index (χ0) is 30.2. The maximum absolute atomic E-state index is 10.2. The topological polar surface area (TPSA) is 161 Å². The maximum atomic E-state index is 10.2. The molecule has 0 aliphatic rings. The van der Waals surface area contributed by atoms with E-state index >= 15 is 0 Å². The molecule has 0 aromatic heterocycles. The maximum Gasteiger partial charge on any atom is 2.00 e. The summed E-state index contributed by atoms with van der Waals surface area (Å²) in [7, 11) is 0. The van der Waals surface area contributed by atoms with Crippen molar-refractivity contribution in [3.05, 3.63) is 23.7 Å². The summed E-state index contributed by atoms with van der Waals surface area (Å²) >= 11 is 0. The second kappa shape index (κ2) is 41.9. The molecule has 0 bridgehead atoms. The van der Waals surface area contributed by atoms with Gasteiger partial charge in [-0.25, -0.2) is 0 Å². The minimum atomic E-state index is -1.08. The molecule has 0 aromatic carbocycles. The summed E-state index contributed by atoms with van der Waals surface area (Å²) in [6.07, 6.45) is 22.0. The second-order valence-electron chi connectivity index (χ2n) is 9.29. The van der Waals surface area contributed by atoms with Gasteiger partial charge in [0.2, 0.25) is 0 Å². The molecule has 0 rings (SSSR count). The summed E-state index contributed by atoms with van der Waals surface area (Å²) in [5.74, 6) is -2.74. The van der Waals surface area contributed by atoms with Crippen molar-refractivity contribution in [2.75, 3.05) is 0 Å². The molecule has 0 amide bonds. The van der Waals surface area contributed by atoms with Gasteiger partial charge in [0, 0.05) is 11.9 Å². The fourth-order valence-corrected chi connectivity index (χ4v) is 3.21. The molecule has 0 unspecified atom stereocenters. The van der Waals surface area contributed by atoms with Crippen molar-refractivity contribution in [3.63, 3.8) is 0 Å². The summed E-state index contributed by atoms with van der Waals surface area (Å²) in [5.41, 5.74) is 0. The third-order valence-corrected chi connectivity index (χ3v) is 4.80. The number of carbonyl (C=O) groups is 4. The Morgan fingerprint density at radius 2 is 0.700 bits per heavy atom. The first-order valence-corrected chi connectivity index (χ1v) is 13.8. The van der Waals surface area contributed by atoms with Gasteiger partial charge in [-0.3, -0.25) is 9.59 Å². The summed E-state index contributed by atoms with van der Waals surface area (Å²) in [6, 6.07) is 0. The van der Waals surface area contributed by atoms with Crippen LogP contribution in [-0.2, 0) is 53.3 Å². The normalized spacial score (nSPS) is 10.1. The first kappa shape index (κ1) is 51.2. The molecular formula is C30H52Mn2O8. The van der Waals surface area contributed by atoms with Gasteiger partial charge < -0.3 is 30.0 Å². The Labute approximate surface area is 264 Å². The second-order valence-corrected chi connectivity index (χ2v) is 9.29. The Morgan fingerprint density at radius 3 is 0.850 bits per heavy atom. The molecule has 0 aliphatic heterocycles. The monoisotopic (exact) mass is 650 g/mol. The number of hydrogen-bond donors (Lipinski definition) is 0. The van der Waals surface area contributed by atoms with Crippen LogP contribution in [0.2, 0.25) is 0 Å². The van der Waals surface area contributed by atoms with Crippen LogP contribution in [0.4, 0.5) is 0 Å². The van der Waals surface area contributed by atoms with Crippen LogP contribution in [0, 0.1) is 0 Å². The minimum absolute atomic E-state index is 0. The number of carboxylic acids is 2. The van der Waals surface area contributed by atoms with Crippen LogP contribution >= 0.6 is 0 Å². The van der Waals surface area contributed by atoms with Gasteiger partial charge in [0.1, 0.15) is 0 Å². The number of carbonyl (C=O) groups excluding carboxylic acids is 4. The van der Waals surface area contributed by atoms with Crippen LogP contribution in [0.3, 0.4) is 0 Å². The van der Waals surface area contributed by atoms with Gasteiger partial charge in [0.25, 0.3) is 0 Å². The van der Waals surface area contributed by atoms with Crippen LogP contribution in [0.5, 0.6) is 0 Å². The van der Waals surface area contributed by atoms with Gasteiger partial charge >= 0.3 is 34.1 Å². The Balaban J connectivity index is -0.000000119. The van der Waals surface area contributed by atoms with E-state index in [2.05, 4.69) is 6.92 Å². The standard InChI is InChI=1S/C18H36O2.2C5H8O2.C2H4O2.2Mn/c1-2-3-4-5-6-7-8-9-10-11-12-13-14-15-16-17-18(19)20;2*1-4(6)3-5(2)7;1-2(3)4;;/h2-17H2,1H3,(H,19,20);2*3,6H,1-2H3;1H3,(H,3,4);;/q;;;;2*+2/p-4/b;2*4-3-;;;. The summed E-state index contributed by atoms with van der Waals surface area (Å²) in [6.45, 7) is 8.63. The zero-order valence-corrected chi connectivity index (χ0v) is 27.9. The van der Waals surface area contributed by atoms with Crippen LogP contribution < -0.4 is 20.4 Å². The summed E-state index contributed by atoms with van der Waals surface area (Å²) < 4.78 is 0. The molecule has 0 atom stereocenters. The number of ketones is 2. The molecule has 0 saturated carbocycles. The third-order valence-electron chi connectivity index (χ3n) is 4.80. The molecule has 40 heavy (non-hydrogen) atoms. The van der Waals surface area contributed by atoms with Crippen molar-refractivity contribution in [2.45, 2.75) is 144 Å². The van der Waals surface area contributed by atoms with E-state index in [0.29, 0.717) is 0 Å². The Hall–Kier alpha value is -1.60. The van der Waals surface area contributed by atoms with Crippen molar-refractivity contribution in [2.24, 2.45) is 0 Å². The predicted molar refractivity (Wildman–Crippen MR) is 144 cm³/mol. The average molecular weight is 651 g/mol. The molecule has 2 radical (unpaired) electrons. The third kappa shape index (κ3) is 83.3. The first-order valence-electron chi connectivity index (χ1n) is 13.8. The van der Waals surface area contributed by atoms with E-state index in [-0.39, 0.29) is 63.6 Å². The number of unbranched alkanes of at least 4 members (excludes halogenated alkanes) is 14. The van der Waals surface area contributed by atoms with E-state index in [4.69, 9.17) is 9.90 Å². The summed E-state index contributed by atoms with van der Waals surface area (Å²) in [4.78, 5) is 39.1. The van der Waals surface area contributed by atoms with E-state index in [1.165, 1.54) is 111 Å². The molecule has 0 fully saturated rings. The van der Waals surface area contributed by atoms with Crippen molar-refractivity contribution >= 4 is 23.5 Å². The van der Waals surface area contributed by atoms with Crippen molar-refractivity contribution in [1.29, 1.82) is 0 Å². The smallest absolute Gasteiger partial charge is 0.876 e. The SMILES string of the molecule is CC(=O)/C=C(/C)[O-].CC(=O)/C=C(/C)[O-].CC(=O)[O-].CCCCCCCCCCCCCCCCCC(=O)[O-].[Mn+2].[Mn+2]. The number of rotatable bonds is 18. The molecule has 0 heterocycles. The Morgan fingerprint density at radius 1 is 0.475 bits per heavy atom. The predicted octanol–water partition coefficient (Wildman–Crippen LogP) is 3.43. The van der Waals surface area contributed by atoms with Crippen molar-refractivity contribution in [1.82, 2.24) is 0 Å². The van der Waals surface area contributed by atoms with Gasteiger partial charge in [-0.2, -0.15) is 0 Å². The van der Waals surface area contributed by atoms with Crippen molar-refractivity contribution < 1.29 is 73.7 Å². The molecule has 0 aromatic rings. The average Bonchev–Trinajstić information content (AvgIpc) is 2.75. The molecule has 0 N–H and O–H groups in total. The zero-order valence-electron chi connectivity index (χ0n) is 25.5. The molecule has 0 saturated heterocycles. The van der Waals surface area contributed by atoms with E-state index < -0.39 is 11.9 Å². The van der Waals surface area contributed by atoms with Crippen LogP contribution in [0.15, 0.2) is 23.7 Å². The van der Waals surface area contributed by atoms with Crippen LogP contribution in [-0.4, -0.2) is 23.5 Å². The number of hydrogen-bond acceptors (Lipinski definition) is 8. The summed E-state index contributed by atoms with van der Waals surface area (Å²) in [5, 5.41) is 39.1. The first-order chi connectivity index (χ1) is 17.8. The van der Waals surface area contributed by atoms with Crippen LogP contribution in [0.25, 0.3) is 0 Å². The molecule has 0 aliphatic carbocycles. The van der Waals surface area contributed by atoms with Gasteiger partial charge in [-0.1, -0.05) is 111 Å². The molecule has 8 nitrogen and oxygen atoms in total.